The SMILES string of the molecule is Cc1cc(CCCC(=O)NC2CCNCC2C)c(C)s1.Cl. The van der Waals surface area contributed by atoms with Crippen LogP contribution in [-0.2, 0) is 11.2 Å². The van der Waals surface area contributed by atoms with Gasteiger partial charge in [0.2, 0.25) is 5.91 Å². The summed E-state index contributed by atoms with van der Waals surface area (Å²) in [6, 6.07) is 2.61. The molecule has 0 radical (unpaired) electrons. The van der Waals surface area contributed by atoms with Gasteiger partial charge in [-0.1, -0.05) is 6.92 Å². The Morgan fingerprint density at radius 1 is 1.48 bits per heavy atom. The van der Waals surface area contributed by atoms with Crippen LogP contribution >= 0.6 is 23.7 Å². The lowest BCUT2D eigenvalue weighted by atomic mass is 9.95. The monoisotopic (exact) mass is 330 g/mol. The third-order valence-corrected chi connectivity index (χ3v) is 5.13. The summed E-state index contributed by atoms with van der Waals surface area (Å²) < 4.78 is 0. The van der Waals surface area contributed by atoms with E-state index < -0.39 is 0 Å². The molecule has 1 aliphatic heterocycles. The number of thiophene rings is 1. The molecule has 1 saturated heterocycles. The molecule has 2 rings (SSSR count). The third kappa shape index (κ3) is 5.61. The number of carbonyl (C=O) groups is 1. The molecule has 0 aliphatic carbocycles. The Morgan fingerprint density at radius 3 is 2.86 bits per heavy atom. The fraction of sp³-hybridized carbons (Fsp3) is 0.688. The van der Waals surface area contributed by atoms with E-state index in [0.717, 1.165) is 32.4 Å². The molecule has 2 unspecified atom stereocenters. The van der Waals surface area contributed by atoms with Crippen LogP contribution in [0.4, 0.5) is 0 Å². The Bertz CT molecular complexity index is 461. The minimum atomic E-state index is 0. The average Bonchev–Trinajstić information content (AvgIpc) is 2.71. The van der Waals surface area contributed by atoms with Gasteiger partial charge < -0.3 is 10.6 Å². The number of hydrogen-bond donors (Lipinski definition) is 2. The molecule has 0 aromatic carbocycles. The highest BCUT2D eigenvalue weighted by Gasteiger charge is 2.22. The molecule has 2 atom stereocenters. The predicted molar refractivity (Wildman–Crippen MR) is 92.6 cm³/mol. The summed E-state index contributed by atoms with van der Waals surface area (Å²) >= 11 is 1.85. The number of carbonyl (C=O) groups excluding carboxylic acids is 1. The Balaban J connectivity index is 0.00000220. The maximum atomic E-state index is 12.0. The largest absolute Gasteiger partial charge is 0.353 e. The van der Waals surface area contributed by atoms with Crippen molar-refractivity contribution >= 4 is 29.7 Å². The summed E-state index contributed by atoms with van der Waals surface area (Å²) in [6.07, 6.45) is 3.66. The Kier molecular flexibility index (Phi) is 7.71. The maximum absolute atomic E-state index is 12.0. The van der Waals surface area contributed by atoms with Crippen molar-refractivity contribution in [3.05, 3.63) is 21.4 Å². The van der Waals surface area contributed by atoms with E-state index in [0.29, 0.717) is 18.4 Å². The summed E-state index contributed by atoms with van der Waals surface area (Å²) in [6.45, 7) is 8.55. The zero-order valence-electron chi connectivity index (χ0n) is 13.2. The predicted octanol–water partition coefficient (Wildman–Crippen LogP) is 3.22. The molecule has 1 amide bonds. The van der Waals surface area contributed by atoms with Crippen LogP contribution < -0.4 is 10.6 Å². The highest BCUT2D eigenvalue weighted by molar-refractivity contribution is 7.12. The van der Waals surface area contributed by atoms with Crippen molar-refractivity contribution in [1.29, 1.82) is 0 Å². The normalized spacial score (nSPS) is 21.7. The topological polar surface area (TPSA) is 41.1 Å². The summed E-state index contributed by atoms with van der Waals surface area (Å²) in [5, 5.41) is 6.56. The Hall–Kier alpha value is -0.580. The maximum Gasteiger partial charge on any atom is 0.220 e. The van der Waals surface area contributed by atoms with Gasteiger partial charge in [0.05, 0.1) is 0 Å². The highest BCUT2D eigenvalue weighted by atomic mass is 35.5. The lowest BCUT2D eigenvalue weighted by Gasteiger charge is -2.30. The van der Waals surface area contributed by atoms with E-state index in [4.69, 9.17) is 0 Å². The number of amides is 1. The van der Waals surface area contributed by atoms with E-state index >= 15 is 0 Å². The molecule has 120 valence electrons. The molecule has 21 heavy (non-hydrogen) atoms. The van der Waals surface area contributed by atoms with Gasteiger partial charge in [-0.2, -0.15) is 0 Å². The van der Waals surface area contributed by atoms with Gasteiger partial charge >= 0.3 is 0 Å². The molecule has 5 heteroatoms. The zero-order chi connectivity index (χ0) is 14.5. The van der Waals surface area contributed by atoms with E-state index in [1.54, 1.807) is 0 Å². The van der Waals surface area contributed by atoms with E-state index in [2.05, 4.69) is 37.5 Å². The first-order valence-electron chi connectivity index (χ1n) is 7.62. The lowest BCUT2D eigenvalue weighted by Crippen LogP contribution is -2.48. The van der Waals surface area contributed by atoms with Crippen LogP contribution in [0.1, 0.15) is 41.5 Å². The Morgan fingerprint density at radius 2 is 2.24 bits per heavy atom. The molecule has 1 aliphatic rings. The molecular formula is C16H27ClN2OS. The van der Waals surface area contributed by atoms with Gasteiger partial charge in [-0.05, 0) is 63.7 Å². The summed E-state index contributed by atoms with van der Waals surface area (Å²) in [4.78, 5) is 14.8. The fourth-order valence-electron chi connectivity index (χ4n) is 2.88. The van der Waals surface area contributed by atoms with Crippen LogP contribution in [0.3, 0.4) is 0 Å². The van der Waals surface area contributed by atoms with Gasteiger partial charge in [0.15, 0.2) is 0 Å². The lowest BCUT2D eigenvalue weighted by molar-refractivity contribution is -0.122. The van der Waals surface area contributed by atoms with Crippen molar-refractivity contribution in [2.24, 2.45) is 5.92 Å². The van der Waals surface area contributed by atoms with Crippen LogP contribution in [0.15, 0.2) is 6.07 Å². The first-order valence-corrected chi connectivity index (χ1v) is 8.44. The molecular weight excluding hydrogens is 304 g/mol. The van der Waals surface area contributed by atoms with Crippen molar-refractivity contribution in [2.75, 3.05) is 13.1 Å². The van der Waals surface area contributed by atoms with Crippen molar-refractivity contribution in [3.63, 3.8) is 0 Å². The second kappa shape index (κ2) is 8.76. The molecule has 2 heterocycles. The van der Waals surface area contributed by atoms with Crippen molar-refractivity contribution in [3.8, 4) is 0 Å². The van der Waals surface area contributed by atoms with E-state index in [1.807, 2.05) is 11.3 Å². The van der Waals surface area contributed by atoms with Crippen LogP contribution in [0.5, 0.6) is 0 Å². The van der Waals surface area contributed by atoms with Gasteiger partial charge in [-0.3, -0.25) is 4.79 Å². The van der Waals surface area contributed by atoms with Crippen LogP contribution in [-0.4, -0.2) is 25.0 Å². The molecule has 0 spiro atoms. The number of rotatable bonds is 5. The van der Waals surface area contributed by atoms with E-state index in [-0.39, 0.29) is 18.3 Å². The highest BCUT2D eigenvalue weighted by Crippen LogP contribution is 2.22. The number of halogens is 1. The van der Waals surface area contributed by atoms with Crippen LogP contribution in [0, 0.1) is 19.8 Å². The molecule has 3 nitrogen and oxygen atoms in total. The molecule has 2 N–H and O–H groups in total. The van der Waals surface area contributed by atoms with Crippen molar-refractivity contribution < 1.29 is 4.79 Å². The smallest absolute Gasteiger partial charge is 0.220 e. The van der Waals surface area contributed by atoms with Crippen LogP contribution in [0.2, 0.25) is 0 Å². The number of piperidine rings is 1. The summed E-state index contributed by atoms with van der Waals surface area (Å²) in [5.74, 6) is 0.753. The second-order valence-corrected chi connectivity index (χ2v) is 7.40. The fourth-order valence-corrected chi connectivity index (χ4v) is 3.85. The Labute approximate surface area is 138 Å². The minimum absolute atomic E-state index is 0. The molecule has 1 aromatic rings. The molecule has 0 bridgehead atoms. The summed E-state index contributed by atoms with van der Waals surface area (Å²) in [7, 11) is 0. The summed E-state index contributed by atoms with van der Waals surface area (Å²) in [5.41, 5.74) is 1.41. The number of nitrogens with one attached hydrogen (secondary N) is 2. The standard InChI is InChI=1S/C16H26N2OS.ClH/c1-11-10-17-8-7-15(11)18-16(19)6-4-5-14-9-12(2)20-13(14)3;/h9,11,15,17H,4-8,10H2,1-3H3,(H,18,19);1H. The number of aryl methyl sites for hydroxylation is 3. The quantitative estimate of drug-likeness (QED) is 0.870. The minimum Gasteiger partial charge on any atom is -0.353 e. The van der Waals surface area contributed by atoms with Gasteiger partial charge in [-0.15, -0.1) is 23.7 Å². The van der Waals surface area contributed by atoms with Gasteiger partial charge in [-0.25, -0.2) is 0 Å². The second-order valence-electron chi connectivity index (χ2n) is 5.94. The van der Waals surface area contributed by atoms with E-state index in [1.165, 1.54) is 15.3 Å². The first-order chi connectivity index (χ1) is 9.56. The van der Waals surface area contributed by atoms with Crippen molar-refractivity contribution in [2.45, 2.75) is 52.5 Å². The number of hydrogen-bond acceptors (Lipinski definition) is 3. The third-order valence-electron chi connectivity index (χ3n) is 4.13. The van der Waals surface area contributed by atoms with Gasteiger partial charge in [0.25, 0.3) is 0 Å². The molecule has 1 aromatic heterocycles. The van der Waals surface area contributed by atoms with E-state index in [9.17, 15) is 4.79 Å². The molecule has 0 saturated carbocycles. The van der Waals surface area contributed by atoms with Crippen molar-refractivity contribution in [1.82, 2.24) is 10.6 Å². The average molecular weight is 331 g/mol. The molecule has 1 fully saturated rings. The first kappa shape index (κ1) is 18.5. The van der Waals surface area contributed by atoms with Crippen LogP contribution in [0.25, 0.3) is 0 Å². The zero-order valence-corrected chi connectivity index (χ0v) is 14.8. The van der Waals surface area contributed by atoms with Gasteiger partial charge in [0.1, 0.15) is 0 Å². The van der Waals surface area contributed by atoms with Gasteiger partial charge in [0, 0.05) is 22.2 Å².